The van der Waals surface area contributed by atoms with Gasteiger partial charge in [-0.3, -0.25) is 9.48 Å². The van der Waals surface area contributed by atoms with Crippen LogP contribution in [0.3, 0.4) is 0 Å². The second kappa shape index (κ2) is 6.53. The highest BCUT2D eigenvalue weighted by Crippen LogP contribution is 2.07. The number of nitrogens with one attached hydrogen (secondary N) is 2. The van der Waals surface area contributed by atoms with Crippen LogP contribution in [-0.2, 0) is 11.3 Å². The predicted octanol–water partition coefficient (Wildman–Crippen LogP) is 1.49. The summed E-state index contributed by atoms with van der Waals surface area (Å²) >= 11 is 0. The Bertz CT molecular complexity index is 604. The molecule has 0 unspecified atom stereocenters. The third kappa shape index (κ3) is 4.42. The molecular weight excluding hydrogens is 270 g/mol. The Morgan fingerprint density at radius 2 is 2.19 bits per heavy atom. The zero-order valence-electron chi connectivity index (χ0n) is 12.8. The fraction of sp³-hybridized carbons (Fsp3) is 0.500. The summed E-state index contributed by atoms with van der Waals surface area (Å²) in [5.41, 5.74) is 1.12. The number of hydrogen-bond acceptors (Lipinski definition) is 5. The lowest BCUT2D eigenvalue weighted by Gasteiger charge is -2.19. The maximum atomic E-state index is 12.0. The normalized spacial score (nSPS) is 13.9. The first-order valence-electron chi connectivity index (χ1n) is 6.93. The van der Waals surface area contributed by atoms with E-state index in [-0.39, 0.29) is 18.0 Å². The maximum Gasteiger partial charge on any atom is 0.242 e. The van der Waals surface area contributed by atoms with E-state index < -0.39 is 0 Å². The van der Waals surface area contributed by atoms with E-state index in [2.05, 4.69) is 20.9 Å². The molecule has 7 heteroatoms. The van der Waals surface area contributed by atoms with Gasteiger partial charge in [-0.1, -0.05) is 5.16 Å². The summed E-state index contributed by atoms with van der Waals surface area (Å²) in [5, 5.41) is 13.9. The number of aryl methyl sites for hydroxylation is 2. The molecule has 7 nitrogen and oxygen atoms in total. The van der Waals surface area contributed by atoms with Gasteiger partial charge in [0, 0.05) is 18.3 Å². The first kappa shape index (κ1) is 15.2. The molecule has 1 amide bonds. The number of aromatic nitrogens is 3. The van der Waals surface area contributed by atoms with Crippen LogP contribution in [0.2, 0.25) is 0 Å². The smallest absolute Gasteiger partial charge is 0.242 e. The summed E-state index contributed by atoms with van der Waals surface area (Å²) < 4.78 is 6.77. The van der Waals surface area contributed by atoms with Crippen LogP contribution < -0.4 is 10.6 Å². The molecule has 114 valence electrons. The number of rotatable bonds is 6. The number of hydrogen-bond donors (Lipinski definition) is 2. The van der Waals surface area contributed by atoms with Crippen LogP contribution in [0.15, 0.2) is 23.0 Å². The van der Waals surface area contributed by atoms with Crippen molar-refractivity contribution in [2.24, 2.45) is 0 Å². The van der Waals surface area contributed by atoms with E-state index >= 15 is 0 Å². The summed E-state index contributed by atoms with van der Waals surface area (Å²) in [6, 6.07) is 1.46. The molecule has 2 heterocycles. The Hall–Kier alpha value is -2.15. The van der Waals surface area contributed by atoms with Crippen LogP contribution in [0.4, 0.5) is 5.82 Å². The number of nitrogens with zero attached hydrogens (tertiary/aromatic N) is 3. The summed E-state index contributed by atoms with van der Waals surface area (Å²) in [6.07, 6.45) is 3.79. The van der Waals surface area contributed by atoms with E-state index in [1.54, 1.807) is 13.0 Å². The van der Waals surface area contributed by atoms with Gasteiger partial charge in [-0.2, -0.15) is 5.10 Å². The summed E-state index contributed by atoms with van der Waals surface area (Å²) in [6.45, 7) is 8.30. The Morgan fingerprint density at radius 3 is 2.76 bits per heavy atom. The van der Waals surface area contributed by atoms with Gasteiger partial charge in [0.15, 0.2) is 5.82 Å². The molecule has 2 rings (SSSR count). The van der Waals surface area contributed by atoms with E-state index in [1.165, 1.54) is 0 Å². The van der Waals surface area contributed by atoms with Gasteiger partial charge in [0.05, 0.1) is 18.8 Å². The van der Waals surface area contributed by atoms with Gasteiger partial charge in [0.2, 0.25) is 5.91 Å². The van der Waals surface area contributed by atoms with Crippen molar-refractivity contribution in [2.75, 3.05) is 5.32 Å². The SMILES string of the molecule is Cc1cnn(C[C@@H](C)N[C@H](C)C(=O)Nc2cc(C)on2)c1. The molecule has 2 aromatic heterocycles. The molecule has 0 radical (unpaired) electrons. The molecule has 2 atom stereocenters. The fourth-order valence-electron chi connectivity index (χ4n) is 2.06. The van der Waals surface area contributed by atoms with Crippen LogP contribution in [0.25, 0.3) is 0 Å². The molecule has 0 saturated heterocycles. The Morgan fingerprint density at radius 1 is 1.43 bits per heavy atom. The average Bonchev–Trinajstić information content (AvgIpc) is 2.98. The third-order valence-electron chi connectivity index (χ3n) is 3.03. The second-order valence-corrected chi connectivity index (χ2v) is 5.34. The second-order valence-electron chi connectivity index (χ2n) is 5.34. The topological polar surface area (TPSA) is 85.0 Å². The Balaban J connectivity index is 1.82. The van der Waals surface area contributed by atoms with Gasteiger partial charge in [-0.15, -0.1) is 0 Å². The number of carbonyl (C=O) groups excluding carboxylic acids is 1. The molecule has 0 aliphatic rings. The molecule has 0 aromatic carbocycles. The fourth-order valence-corrected chi connectivity index (χ4v) is 2.06. The van der Waals surface area contributed by atoms with Crippen LogP contribution in [0.5, 0.6) is 0 Å². The van der Waals surface area contributed by atoms with Crippen LogP contribution in [-0.4, -0.2) is 32.9 Å². The van der Waals surface area contributed by atoms with E-state index in [4.69, 9.17) is 4.52 Å². The molecule has 0 aliphatic carbocycles. The van der Waals surface area contributed by atoms with Crippen molar-refractivity contribution >= 4 is 11.7 Å². The predicted molar refractivity (Wildman–Crippen MR) is 78.9 cm³/mol. The molecule has 0 fully saturated rings. The van der Waals surface area contributed by atoms with Crippen molar-refractivity contribution in [1.82, 2.24) is 20.3 Å². The first-order chi connectivity index (χ1) is 9.94. The summed E-state index contributed by atoms with van der Waals surface area (Å²) in [4.78, 5) is 12.0. The highest BCUT2D eigenvalue weighted by atomic mass is 16.5. The minimum atomic E-state index is -0.339. The zero-order chi connectivity index (χ0) is 15.4. The van der Waals surface area contributed by atoms with Gasteiger partial charge < -0.3 is 15.2 Å². The average molecular weight is 291 g/mol. The van der Waals surface area contributed by atoms with E-state index in [0.29, 0.717) is 18.1 Å². The standard InChI is InChI=1S/C14H21N5O2/c1-9-6-15-19(7-9)8-10(2)16-12(4)14(20)17-13-5-11(3)21-18-13/h5-7,10,12,16H,8H2,1-4H3,(H,17,18,20)/t10-,12-/m1/s1. The monoisotopic (exact) mass is 291 g/mol. The lowest BCUT2D eigenvalue weighted by atomic mass is 10.2. The molecule has 21 heavy (non-hydrogen) atoms. The largest absolute Gasteiger partial charge is 0.360 e. The summed E-state index contributed by atoms with van der Waals surface area (Å²) in [7, 11) is 0. The van der Waals surface area contributed by atoms with Crippen molar-refractivity contribution < 1.29 is 9.32 Å². The van der Waals surface area contributed by atoms with Gasteiger partial charge >= 0.3 is 0 Å². The van der Waals surface area contributed by atoms with Crippen LogP contribution in [0, 0.1) is 13.8 Å². The molecule has 0 bridgehead atoms. The highest BCUT2D eigenvalue weighted by molar-refractivity contribution is 5.93. The number of anilines is 1. The van der Waals surface area contributed by atoms with Crippen molar-refractivity contribution in [3.05, 3.63) is 29.8 Å². The minimum Gasteiger partial charge on any atom is -0.360 e. The first-order valence-corrected chi connectivity index (χ1v) is 6.93. The molecule has 0 saturated carbocycles. The Kier molecular flexibility index (Phi) is 4.74. The third-order valence-corrected chi connectivity index (χ3v) is 3.03. The van der Waals surface area contributed by atoms with Gasteiger partial charge in [0.25, 0.3) is 0 Å². The van der Waals surface area contributed by atoms with E-state index in [0.717, 1.165) is 5.56 Å². The number of carbonyl (C=O) groups is 1. The van der Waals surface area contributed by atoms with E-state index in [9.17, 15) is 4.79 Å². The lowest BCUT2D eigenvalue weighted by molar-refractivity contribution is -0.118. The molecule has 0 aliphatic heterocycles. The molecule has 2 aromatic rings. The minimum absolute atomic E-state index is 0.115. The van der Waals surface area contributed by atoms with Crippen molar-refractivity contribution in [2.45, 2.75) is 46.3 Å². The number of amides is 1. The molecular formula is C14H21N5O2. The van der Waals surface area contributed by atoms with Crippen LogP contribution in [0.1, 0.15) is 25.2 Å². The van der Waals surface area contributed by atoms with Gasteiger partial charge in [-0.05, 0) is 33.3 Å². The quantitative estimate of drug-likeness (QED) is 0.842. The highest BCUT2D eigenvalue weighted by Gasteiger charge is 2.17. The van der Waals surface area contributed by atoms with Crippen LogP contribution >= 0.6 is 0 Å². The van der Waals surface area contributed by atoms with E-state index in [1.807, 2.05) is 37.8 Å². The Labute approximate surface area is 123 Å². The van der Waals surface area contributed by atoms with Crippen molar-refractivity contribution in [3.63, 3.8) is 0 Å². The summed E-state index contributed by atoms with van der Waals surface area (Å²) in [5.74, 6) is 0.946. The zero-order valence-corrected chi connectivity index (χ0v) is 12.8. The van der Waals surface area contributed by atoms with Crippen molar-refractivity contribution in [3.8, 4) is 0 Å². The van der Waals surface area contributed by atoms with Gasteiger partial charge in [0.1, 0.15) is 5.76 Å². The molecule has 2 N–H and O–H groups in total. The molecule has 0 spiro atoms. The lowest BCUT2D eigenvalue weighted by Crippen LogP contribution is -2.44. The van der Waals surface area contributed by atoms with Crippen molar-refractivity contribution in [1.29, 1.82) is 0 Å². The van der Waals surface area contributed by atoms with Gasteiger partial charge in [-0.25, -0.2) is 0 Å². The maximum absolute atomic E-state index is 12.0.